The highest BCUT2D eigenvalue weighted by molar-refractivity contribution is 9.10. The maximum Gasteiger partial charge on any atom is 0.198 e. The molecule has 0 amide bonds. The average Bonchev–Trinajstić information content (AvgIpc) is 2.86. The lowest BCUT2D eigenvalue weighted by molar-refractivity contribution is 0.551. The van der Waals surface area contributed by atoms with Crippen LogP contribution in [0.2, 0.25) is 0 Å². The zero-order valence-electron chi connectivity index (χ0n) is 9.88. The molecule has 0 spiro atoms. The highest BCUT2D eigenvalue weighted by atomic mass is 79.9. The Hall–Kier alpha value is -2.14. The third-order valence-corrected chi connectivity index (χ3v) is 3.04. The van der Waals surface area contributed by atoms with E-state index in [0.29, 0.717) is 22.1 Å². The number of furan rings is 1. The molecule has 3 aromatic rings. The second-order valence-electron chi connectivity index (χ2n) is 3.97. The number of benzene rings is 1. The van der Waals surface area contributed by atoms with E-state index in [1.807, 2.05) is 30.3 Å². The van der Waals surface area contributed by atoms with E-state index in [9.17, 15) is 0 Å². The number of nitrogens with zero attached hydrogens (tertiary/aromatic N) is 2. The van der Waals surface area contributed by atoms with Gasteiger partial charge in [-0.25, -0.2) is 9.97 Å². The van der Waals surface area contributed by atoms with Gasteiger partial charge in [0.2, 0.25) is 0 Å². The molecule has 0 unspecified atom stereocenters. The van der Waals surface area contributed by atoms with Crippen LogP contribution in [0.15, 0.2) is 57.6 Å². The van der Waals surface area contributed by atoms with E-state index in [4.69, 9.17) is 10.2 Å². The molecule has 2 aromatic heterocycles. The van der Waals surface area contributed by atoms with Crippen LogP contribution in [0.25, 0.3) is 22.8 Å². The summed E-state index contributed by atoms with van der Waals surface area (Å²) in [4.78, 5) is 8.68. The SMILES string of the molecule is Nc1cc(-c2ccccc2)nc(-c2ccc(Br)o2)n1. The number of rotatable bonds is 2. The standard InChI is InChI=1S/C14H10BrN3O/c15-12-7-6-11(19-12)14-17-10(8-13(16)18-14)9-4-2-1-3-5-9/h1-8H,(H2,16,17,18). The lowest BCUT2D eigenvalue weighted by Crippen LogP contribution is -1.97. The van der Waals surface area contributed by atoms with Crippen molar-refractivity contribution in [2.24, 2.45) is 0 Å². The van der Waals surface area contributed by atoms with Crippen molar-refractivity contribution in [3.63, 3.8) is 0 Å². The van der Waals surface area contributed by atoms with E-state index in [1.165, 1.54) is 0 Å². The van der Waals surface area contributed by atoms with Gasteiger partial charge in [-0.15, -0.1) is 0 Å². The minimum atomic E-state index is 0.413. The molecule has 3 rings (SSSR count). The lowest BCUT2D eigenvalue weighted by atomic mass is 10.1. The van der Waals surface area contributed by atoms with Crippen molar-refractivity contribution >= 4 is 21.7 Å². The number of hydrogen-bond donors (Lipinski definition) is 1. The number of nitrogen functional groups attached to an aromatic ring is 1. The van der Waals surface area contributed by atoms with E-state index >= 15 is 0 Å². The Morgan fingerprint density at radius 2 is 1.79 bits per heavy atom. The Morgan fingerprint density at radius 3 is 2.47 bits per heavy atom. The van der Waals surface area contributed by atoms with E-state index in [0.717, 1.165) is 11.3 Å². The van der Waals surface area contributed by atoms with Gasteiger partial charge in [0.1, 0.15) is 5.82 Å². The Balaban J connectivity index is 2.11. The second-order valence-corrected chi connectivity index (χ2v) is 4.75. The predicted octanol–water partition coefficient (Wildman–Crippen LogP) is 3.75. The molecule has 5 heteroatoms. The summed E-state index contributed by atoms with van der Waals surface area (Å²) in [6, 6.07) is 15.2. The van der Waals surface area contributed by atoms with Crippen molar-refractivity contribution in [1.29, 1.82) is 0 Å². The average molecular weight is 316 g/mol. The van der Waals surface area contributed by atoms with Crippen LogP contribution >= 0.6 is 15.9 Å². The molecule has 4 nitrogen and oxygen atoms in total. The molecule has 0 aliphatic heterocycles. The molecule has 2 heterocycles. The van der Waals surface area contributed by atoms with Crippen LogP contribution in [0, 0.1) is 0 Å². The molecule has 2 N–H and O–H groups in total. The molecule has 0 aliphatic carbocycles. The maximum absolute atomic E-state index is 5.84. The van der Waals surface area contributed by atoms with Crippen LogP contribution in [0.1, 0.15) is 0 Å². The van der Waals surface area contributed by atoms with Crippen LogP contribution < -0.4 is 5.73 Å². The number of nitrogens with two attached hydrogens (primary N) is 1. The minimum Gasteiger partial charge on any atom is -0.446 e. The summed E-state index contributed by atoms with van der Waals surface area (Å²) < 4.78 is 6.09. The maximum atomic E-state index is 5.84. The van der Waals surface area contributed by atoms with E-state index < -0.39 is 0 Å². The largest absolute Gasteiger partial charge is 0.446 e. The summed E-state index contributed by atoms with van der Waals surface area (Å²) in [5.41, 5.74) is 7.60. The van der Waals surface area contributed by atoms with E-state index in [1.54, 1.807) is 18.2 Å². The highest BCUT2D eigenvalue weighted by Gasteiger charge is 2.10. The third kappa shape index (κ3) is 2.51. The summed E-state index contributed by atoms with van der Waals surface area (Å²) in [5, 5.41) is 0. The van der Waals surface area contributed by atoms with Gasteiger partial charge in [-0.05, 0) is 28.1 Å². The number of halogens is 1. The molecular formula is C14H10BrN3O. The zero-order chi connectivity index (χ0) is 13.2. The van der Waals surface area contributed by atoms with Crippen molar-refractivity contribution in [2.75, 3.05) is 5.73 Å². The fourth-order valence-electron chi connectivity index (χ4n) is 1.77. The highest BCUT2D eigenvalue weighted by Crippen LogP contribution is 2.26. The van der Waals surface area contributed by atoms with Gasteiger partial charge in [-0.1, -0.05) is 30.3 Å². The van der Waals surface area contributed by atoms with Gasteiger partial charge in [0.05, 0.1) is 5.69 Å². The summed E-state index contributed by atoms with van der Waals surface area (Å²) in [7, 11) is 0. The molecule has 0 aliphatic rings. The van der Waals surface area contributed by atoms with E-state index in [2.05, 4.69) is 25.9 Å². The number of anilines is 1. The monoisotopic (exact) mass is 315 g/mol. The molecule has 0 radical (unpaired) electrons. The van der Waals surface area contributed by atoms with Crippen molar-refractivity contribution in [3.8, 4) is 22.8 Å². The molecule has 0 bridgehead atoms. The predicted molar refractivity (Wildman–Crippen MR) is 77.3 cm³/mol. The molecule has 0 saturated carbocycles. The van der Waals surface area contributed by atoms with Gasteiger partial charge < -0.3 is 10.2 Å². The number of aromatic nitrogens is 2. The summed E-state index contributed by atoms with van der Waals surface area (Å²) in [6.45, 7) is 0. The van der Waals surface area contributed by atoms with Crippen LogP contribution in [0.5, 0.6) is 0 Å². The Kier molecular flexibility index (Phi) is 3.05. The first-order valence-electron chi connectivity index (χ1n) is 5.68. The van der Waals surface area contributed by atoms with Crippen LogP contribution in [0.3, 0.4) is 0 Å². The van der Waals surface area contributed by atoms with Gasteiger partial charge in [-0.2, -0.15) is 0 Å². The Morgan fingerprint density at radius 1 is 1.00 bits per heavy atom. The lowest BCUT2D eigenvalue weighted by Gasteiger charge is -2.04. The molecule has 0 saturated heterocycles. The zero-order valence-corrected chi connectivity index (χ0v) is 11.5. The quantitative estimate of drug-likeness (QED) is 0.782. The van der Waals surface area contributed by atoms with Gasteiger partial charge in [-0.3, -0.25) is 0 Å². The first kappa shape index (κ1) is 11.9. The van der Waals surface area contributed by atoms with Crippen LogP contribution in [-0.2, 0) is 0 Å². The van der Waals surface area contributed by atoms with Gasteiger partial charge in [0, 0.05) is 11.6 Å². The summed E-state index contributed by atoms with van der Waals surface area (Å²) in [5.74, 6) is 1.47. The normalized spacial score (nSPS) is 10.6. The fourth-order valence-corrected chi connectivity index (χ4v) is 2.07. The smallest absolute Gasteiger partial charge is 0.198 e. The molecule has 0 atom stereocenters. The summed E-state index contributed by atoms with van der Waals surface area (Å²) in [6.07, 6.45) is 0. The molecule has 19 heavy (non-hydrogen) atoms. The van der Waals surface area contributed by atoms with Crippen molar-refractivity contribution in [2.45, 2.75) is 0 Å². The van der Waals surface area contributed by atoms with Crippen LogP contribution in [0.4, 0.5) is 5.82 Å². The van der Waals surface area contributed by atoms with Crippen molar-refractivity contribution < 1.29 is 4.42 Å². The molecule has 94 valence electrons. The minimum absolute atomic E-state index is 0.413. The first-order chi connectivity index (χ1) is 9.22. The molecule has 1 aromatic carbocycles. The second kappa shape index (κ2) is 4.85. The van der Waals surface area contributed by atoms with Gasteiger partial charge in [0.15, 0.2) is 16.3 Å². The fraction of sp³-hybridized carbons (Fsp3) is 0. The summed E-state index contributed by atoms with van der Waals surface area (Å²) >= 11 is 3.26. The Labute approximate surface area is 118 Å². The third-order valence-electron chi connectivity index (χ3n) is 2.61. The Bertz CT molecular complexity index is 710. The van der Waals surface area contributed by atoms with Crippen molar-refractivity contribution in [1.82, 2.24) is 9.97 Å². The van der Waals surface area contributed by atoms with E-state index in [-0.39, 0.29) is 0 Å². The van der Waals surface area contributed by atoms with Crippen LogP contribution in [-0.4, -0.2) is 9.97 Å². The van der Waals surface area contributed by atoms with Gasteiger partial charge in [0.25, 0.3) is 0 Å². The molecule has 0 fully saturated rings. The van der Waals surface area contributed by atoms with Gasteiger partial charge >= 0.3 is 0 Å². The number of hydrogen-bond acceptors (Lipinski definition) is 4. The topological polar surface area (TPSA) is 64.9 Å². The van der Waals surface area contributed by atoms with Crippen molar-refractivity contribution in [3.05, 3.63) is 53.2 Å². The first-order valence-corrected chi connectivity index (χ1v) is 6.47. The molecular weight excluding hydrogens is 306 g/mol.